The fourth-order valence-electron chi connectivity index (χ4n) is 2.62. The summed E-state index contributed by atoms with van der Waals surface area (Å²) in [6, 6.07) is 2.12. The normalized spacial score (nSPS) is 21.9. The number of thiophene rings is 1. The molecule has 1 aromatic rings. The van der Waals surface area contributed by atoms with E-state index >= 15 is 0 Å². The fourth-order valence-corrected chi connectivity index (χ4v) is 3.84. The van der Waals surface area contributed by atoms with Gasteiger partial charge in [-0.05, 0) is 26.8 Å². The van der Waals surface area contributed by atoms with Gasteiger partial charge in [0.15, 0.2) is 0 Å². The molecule has 1 unspecified atom stereocenters. The van der Waals surface area contributed by atoms with Gasteiger partial charge >= 0.3 is 0 Å². The van der Waals surface area contributed by atoms with Crippen LogP contribution in [0.15, 0.2) is 16.2 Å². The Kier molecular flexibility index (Phi) is 4.19. The summed E-state index contributed by atoms with van der Waals surface area (Å²) in [6.45, 7) is 10.1. The Balaban J connectivity index is 2.02. The molecule has 0 spiro atoms. The Morgan fingerprint density at radius 1 is 1.43 bits per heavy atom. The number of fused-ring (bicyclic) bond motifs is 1. The molecule has 114 valence electrons. The average molecular weight is 326 g/mol. The van der Waals surface area contributed by atoms with Gasteiger partial charge in [-0.25, -0.2) is 10.0 Å². The van der Waals surface area contributed by atoms with Crippen molar-refractivity contribution in [3.63, 3.8) is 0 Å². The van der Waals surface area contributed by atoms with Gasteiger partial charge in [-0.15, -0.1) is 11.3 Å². The summed E-state index contributed by atoms with van der Waals surface area (Å²) < 4.78 is 0.786. The number of hydrazone groups is 1. The Hall–Kier alpha value is -1.11. The van der Waals surface area contributed by atoms with Crippen molar-refractivity contribution in [1.82, 2.24) is 15.2 Å². The summed E-state index contributed by atoms with van der Waals surface area (Å²) in [5, 5.41) is 10.1. The van der Waals surface area contributed by atoms with Gasteiger partial charge in [-0.2, -0.15) is 5.10 Å². The number of hydrogen-bond donors (Lipinski definition) is 1. The van der Waals surface area contributed by atoms with Crippen LogP contribution >= 0.6 is 22.9 Å². The highest BCUT2D eigenvalue weighted by Gasteiger charge is 2.32. The molecule has 21 heavy (non-hydrogen) atoms. The van der Waals surface area contributed by atoms with Crippen molar-refractivity contribution in [2.24, 2.45) is 10.1 Å². The Labute approximate surface area is 134 Å². The topological polar surface area (TPSA) is 43.2 Å². The van der Waals surface area contributed by atoms with Crippen LogP contribution in [0.25, 0.3) is 0 Å². The third kappa shape index (κ3) is 2.93. The lowest BCUT2D eigenvalue weighted by molar-refractivity contribution is 0.260. The summed E-state index contributed by atoms with van der Waals surface area (Å²) in [5.41, 5.74) is 2.02. The fraction of sp³-hybridized carbons (Fsp3) is 0.571. The van der Waals surface area contributed by atoms with Crippen molar-refractivity contribution in [2.75, 3.05) is 26.2 Å². The van der Waals surface area contributed by atoms with E-state index in [9.17, 15) is 0 Å². The molecule has 0 amide bonds. The van der Waals surface area contributed by atoms with Crippen LogP contribution in [0.5, 0.6) is 0 Å². The minimum absolute atomic E-state index is 0.162. The SMILES string of the molecule is CC(C)=NN1C(N2CCNCC2)=Nc2cc(Cl)sc2C1C. The Morgan fingerprint density at radius 3 is 2.81 bits per heavy atom. The molecular weight excluding hydrogens is 306 g/mol. The third-order valence-corrected chi connectivity index (χ3v) is 5.01. The van der Waals surface area contributed by atoms with Crippen LogP contribution in [-0.4, -0.2) is 47.8 Å². The number of nitrogens with zero attached hydrogens (tertiary/aromatic N) is 4. The van der Waals surface area contributed by atoms with Crippen LogP contribution in [0.2, 0.25) is 4.34 Å². The van der Waals surface area contributed by atoms with Crippen molar-refractivity contribution in [3.05, 3.63) is 15.3 Å². The maximum Gasteiger partial charge on any atom is 0.223 e. The highest BCUT2D eigenvalue weighted by atomic mass is 35.5. The minimum atomic E-state index is 0.162. The number of nitrogens with one attached hydrogen (secondary N) is 1. The molecule has 5 nitrogen and oxygen atoms in total. The molecule has 2 aliphatic rings. The smallest absolute Gasteiger partial charge is 0.223 e. The van der Waals surface area contributed by atoms with E-state index in [-0.39, 0.29) is 6.04 Å². The van der Waals surface area contributed by atoms with E-state index in [0.717, 1.165) is 47.9 Å². The average Bonchev–Trinajstić information content (AvgIpc) is 2.83. The third-order valence-electron chi connectivity index (χ3n) is 3.59. The van der Waals surface area contributed by atoms with Crippen molar-refractivity contribution in [2.45, 2.75) is 26.8 Å². The van der Waals surface area contributed by atoms with E-state index in [1.807, 2.05) is 24.9 Å². The molecule has 1 fully saturated rings. The largest absolute Gasteiger partial charge is 0.338 e. The van der Waals surface area contributed by atoms with E-state index < -0.39 is 0 Å². The summed E-state index contributed by atoms with van der Waals surface area (Å²) in [4.78, 5) is 8.32. The van der Waals surface area contributed by atoms with Crippen LogP contribution in [0.1, 0.15) is 31.7 Å². The standard InChI is InChI=1S/C14H20ClN5S/c1-9(2)18-20-10(3)13-11(8-12(15)21-13)17-14(20)19-6-4-16-5-7-19/h8,10,16H,4-7H2,1-3H3. The van der Waals surface area contributed by atoms with Crippen LogP contribution in [0.4, 0.5) is 5.69 Å². The summed E-state index contributed by atoms with van der Waals surface area (Å²) in [6.07, 6.45) is 0. The predicted molar refractivity (Wildman–Crippen MR) is 89.9 cm³/mol. The Morgan fingerprint density at radius 2 is 2.14 bits per heavy atom. The van der Waals surface area contributed by atoms with Crippen LogP contribution in [-0.2, 0) is 0 Å². The highest BCUT2D eigenvalue weighted by molar-refractivity contribution is 7.16. The van der Waals surface area contributed by atoms with Gasteiger partial charge in [0.2, 0.25) is 5.96 Å². The minimum Gasteiger partial charge on any atom is -0.338 e. The summed E-state index contributed by atoms with van der Waals surface area (Å²) >= 11 is 7.77. The van der Waals surface area contributed by atoms with Crippen molar-refractivity contribution >= 4 is 40.3 Å². The number of guanidine groups is 1. The molecule has 0 aromatic carbocycles. The van der Waals surface area contributed by atoms with Crippen LogP contribution in [0.3, 0.4) is 0 Å². The van der Waals surface area contributed by atoms with E-state index in [2.05, 4.69) is 17.1 Å². The molecular formula is C14H20ClN5S. The van der Waals surface area contributed by atoms with E-state index in [0.29, 0.717) is 0 Å². The van der Waals surface area contributed by atoms with Gasteiger partial charge in [0.25, 0.3) is 0 Å². The molecule has 1 N–H and O–H groups in total. The number of halogens is 1. The Bertz CT molecular complexity index is 584. The molecule has 3 rings (SSSR count). The van der Waals surface area contributed by atoms with Crippen molar-refractivity contribution < 1.29 is 0 Å². The second kappa shape index (κ2) is 5.94. The number of rotatable bonds is 1. The van der Waals surface area contributed by atoms with Crippen molar-refractivity contribution in [3.8, 4) is 0 Å². The van der Waals surface area contributed by atoms with E-state index in [4.69, 9.17) is 21.7 Å². The molecule has 0 radical (unpaired) electrons. The number of aliphatic imine (C=N–C) groups is 1. The molecule has 0 aliphatic carbocycles. The van der Waals surface area contributed by atoms with E-state index in [1.54, 1.807) is 11.3 Å². The predicted octanol–water partition coefficient (Wildman–Crippen LogP) is 3.07. The lowest BCUT2D eigenvalue weighted by atomic mass is 10.2. The van der Waals surface area contributed by atoms with Gasteiger partial charge < -0.3 is 10.2 Å². The summed E-state index contributed by atoms with van der Waals surface area (Å²) in [5.74, 6) is 0.937. The van der Waals surface area contributed by atoms with Gasteiger partial charge in [0.05, 0.1) is 20.9 Å². The first-order valence-corrected chi connectivity index (χ1v) is 8.40. The first-order chi connectivity index (χ1) is 10.1. The number of hydrogen-bond acceptors (Lipinski definition) is 6. The zero-order valence-corrected chi connectivity index (χ0v) is 14.1. The maximum absolute atomic E-state index is 6.17. The first kappa shape index (κ1) is 14.8. The lowest BCUT2D eigenvalue weighted by Gasteiger charge is -2.38. The lowest BCUT2D eigenvalue weighted by Crippen LogP contribution is -2.52. The molecule has 2 aliphatic heterocycles. The molecule has 0 saturated carbocycles. The van der Waals surface area contributed by atoms with Crippen molar-refractivity contribution in [1.29, 1.82) is 0 Å². The van der Waals surface area contributed by atoms with Gasteiger partial charge in [-0.3, -0.25) is 0 Å². The second-order valence-corrected chi connectivity index (χ2v) is 7.23. The first-order valence-electron chi connectivity index (χ1n) is 7.21. The monoisotopic (exact) mass is 325 g/mol. The summed E-state index contributed by atoms with van der Waals surface area (Å²) in [7, 11) is 0. The second-order valence-electron chi connectivity index (χ2n) is 5.52. The number of piperazine rings is 1. The molecule has 1 atom stereocenters. The zero-order valence-electron chi connectivity index (χ0n) is 12.6. The molecule has 1 aromatic heterocycles. The molecule has 1 saturated heterocycles. The molecule has 7 heteroatoms. The van der Waals surface area contributed by atoms with Gasteiger partial charge in [0.1, 0.15) is 0 Å². The quantitative estimate of drug-likeness (QED) is 0.807. The van der Waals surface area contributed by atoms with Gasteiger partial charge in [0, 0.05) is 31.9 Å². The zero-order chi connectivity index (χ0) is 15.0. The van der Waals surface area contributed by atoms with Gasteiger partial charge in [-0.1, -0.05) is 11.6 Å². The molecule has 0 bridgehead atoms. The maximum atomic E-state index is 6.17. The van der Waals surface area contributed by atoms with E-state index in [1.165, 1.54) is 4.88 Å². The highest BCUT2D eigenvalue weighted by Crippen LogP contribution is 2.43. The molecule has 3 heterocycles. The van der Waals surface area contributed by atoms with Crippen LogP contribution in [0, 0.1) is 0 Å². The van der Waals surface area contributed by atoms with Crippen LogP contribution < -0.4 is 5.32 Å².